The van der Waals surface area contributed by atoms with Gasteiger partial charge in [-0.1, -0.05) is 23.9 Å². The number of aryl methyl sites for hydroxylation is 1. The van der Waals surface area contributed by atoms with Crippen LogP contribution in [0.1, 0.15) is 30.9 Å². The van der Waals surface area contributed by atoms with Crippen LogP contribution in [0.4, 0.5) is 4.39 Å². The fourth-order valence-electron chi connectivity index (χ4n) is 2.92. The van der Waals surface area contributed by atoms with Crippen molar-refractivity contribution < 1.29 is 4.39 Å². The Kier molecular flexibility index (Phi) is 3.88. The molecule has 2 heterocycles. The molecule has 0 spiro atoms. The molecule has 3 aromatic rings. The molecule has 0 amide bonds. The van der Waals surface area contributed by atoms with Crippen molar-refractivity contribution in [1.29, 1.82) is 0 Å². The van der Waals surface area contributed by atoms with Crippen molar-refractivity contribution in [2.24, 2.45) is 7.05 Å². The van der Waals surface area contributed by atoms with Crippen molar-refractivity contribution >= 4 is 22.8 Å². The highest BCUT2D eigenvalue weighted by molar-refractivity contribution is 7.98. The van der Waals surface area contributed by atoms with Crippen LogP contribution in [0, 0.1) is 5.82 Å². The van der Waals surface area contributed by atoms with Crippen LogP contribution in [-0.4, -0.2) is 19.3 Å². The Labute approximate surface area is 142 Å². The van der Waals surface area contributed by atoms with Gasteiger partial charge in [0.05, 0.1) is 6.20 Å². The summed E-state index contributed by atoms with van der Waals surface area (Å²) in [5.74, 6) is 0.319. The first kappa shape index (κ1) is 15.4. The third-order valence-corrected chi connectivity index (χ3v) is 5.48. The van der Waals surface area contributed by atoms with E-state index in [-0.39, 0.29) is 17.4 Å². The van der Waals surface area contributed by atoms with Crippen molar-refractivity contribution in [3.63, 3.8) is 0 Å². The summed E-state index contributed by atoms with van der Waals surface area (Å²) in [5, 5.41) is 5.39. The molecule has 1 aliphatic carbocycles. The normalized spacial score (nSPS) is 14.9. The molecule has 0 N–H and O–H groups in total. The molecule has 1 aliphatic rings. The first-order valence-corrected chi connectivity index (χ1v) is 8.93. The van der Waals surface area contributed by atoms with Gasteiger partial charge in [-0.2, -0.15) is 5.10 Å². The molecule has 1 aromatic carbocycles. The molecule has 1 saturated carbocycles. The summed E-state index contributed by atoms with van der Waals surface area (Å²) in [6, 6.07) is 6.73. The third-order valence-electron chi connectivity index (χ3n) is 4.46. The minimum Gasteiger partial charge on any atom is -0.284 e. The smallest absolute Gasteiger partial charge is 0.265 e. The molecule has 24 heavy (non-hydrogen) atoms. The maximum absolute atomic E-state index is 13.4. The van der Waals surface area contributed by atoms with Crippen molar-refractivity contribution in [3.05, 3.63) is 52.2 Å². The van der Waals surface area contributed by atoms with E-state index in [1.54, 1.807) is 28.6 Å². The maximum atomic E-state index is 13.4. The van der Waals surface area contributed by atoms with Crippen LogP contribution < -0.4 is 5.56 Å². The maximum Gasteiger partial charge on any atom is 0.265 e. The first-order chi connectivity index (χ1) is 11.6. The summed E-state index contributed by atoms with van der Waals surface area (Å²) in [7, 11) is 1.78. The number of nitrogens with zero attached hydrogens (tertiary/aromatic N) is 4. The Morgan fingerprint density at radius 2 is 2.21 bits per heavy atom. The molecule has 0 radical (unpaired) electrons. The zero-order chi connectivity index (χ0) is 16.7. The van der Waals surface area contributed by atoms with Gasteiger partial charge in [0, 0.05) is 18.8 Å². The quantitative estimate of drug-likeness (QED) is 0.538. The Balaban J connectivity index is 1.75. The lowest BCUT2D eigenvalue weighted by Crippen LogP contribution is -2.31. The van der Waals surface area contributed by atoms with Crippen LogP contribution in [-0.2, 0) is 12.8 Å². The zero-order valence-electron chi connectivity index (χ0n) is 13.3. The average molecular weight is 344 g/mol. The molecule has 5 nitrogen and oxygen atoms in total. The topological polar surface area (TPSA) is 52.7 Å². The molecule has 0 aliphatic heterocycles. The van der Waals surface area contributed by atoms with E-state index in [2.05, 4.69) is 10.1 Å². The second-order valence-corrected chi connectivity index (χ2v) is 7.02. The van der Waals surface area contributed by atoms with E-state index in [1.165, 1.54) is 23.9 Å². The summed E-state index contributed by atoms with van der Waals surface area (Å²) in [6.07, 6.45) is 4.72. The van der Waals surface area contributed by atoms with E-state index in [0.717, 1.165) is 24.8 Å². The fourth-order valence-corrected chi connectivity index (χ4v) is 3.92. The van der Waals surface area contributed by atoms with Gasteiger partial charge < -0.3 is 0 Å². The van der Waals surface area contributed by atoms with Crippen molar-refractivity contribution in [3.8, 4) is 0 Å². The van der Waals surface area contributed by atoms with Crippen molar-refractivity contribution in [2.75, 3.05) is 0 Å². The number of aromatic nitrogens is 4. The van der Waals surface area contributed by atoms with Gasteiger partial charge in [-0.05, 0) is 37.0 Å². The molecule has 124 valence electrons. The summed E-state index contributed by atoms with van der Waals surface area (Å²) in [4.78, 5) is 17.5. The minimum atomic E-state index is -0.250. The van der Waals surface area contributed by atoms with Crippen LogP contribution >= 0.6 is 11.8 Å². The number of rotatable bonds is 4. The largest absolute Gasteiger partial charge is 0.284 e. The lowest BCUT2D eigenvalue weighted by molar-refractivity contribution is 0.286. The highest BCUT2D eigenvalue weighted by Crippen LogP contribution is 2.34. The van der Waals surface area contributed by atoms with Gasteiger partial charge in [0.25, 0.3) is 5.56 Å². The van der Waals surface area contributed by atoms with Gasteiger partial charge in [0.15, 0.2) is 10.8 Å². The van der Waals surface area contributed by atoms with E-state index in [0.29, 0.717) is 21.9 Å². The van der Waals surface area contributed by atoms with Crippen LogP contribution in [0.2, 0.25) is 0 Å². The van der Waals surface area contributed by atoms with Crippen LogP contribution in [0.3, 0.4) is 0 Å². The molecule has 0 saturated heterocycles. The molecule has 2 aromatic heterocycles. The molecular weight excluding hydrogens is 327 g/mol. The van der Waals surface area contributed by atoms with Crippen molar-refractivity contribution in [1.82, 2.24) is 19.3 Å². The highest BCUT2D eigenvalue weighted by Gasteiger charge is 2.25. The van der Waals surface area contributed by atoms with E-state index < -0.39 is 0 Å². The molecular formula is C17H17FN4OS. The van der Waals surface area contributed by atoms with Crippen LogP contribution in [0.25, 0.3) is 11.0 Å². The molecule has 0 unspecified atom stereocenters. The third kappa shape index (κ3) is 2.62. The fraction of sp³-hybridized carbons (Fsp3) is 0.353. The zero-order valence-corrected chi connectivity index (χ0v) is 14.1. The van der Waals surface area contributed by atoms with E-state index in [1.807, 2.05) is 6.07 Å². The lowest BCUT2D eigenvalue weighted by atomic mass is 9.93. The highest BCUT2D eigenvalue weighted by atomic mass is 32.2. The predicted molar refractivity (Wildman–Crippen MR) is 91.6 cm³/mol. The number of benzene rings is 1. The summed E-state index contributed by atoms with van der Waals surface area (Å²) < 4.78 is 16.8. The molecule has 0 bridgehead atoms. The number of hydrogen-bond acceptors (Lipinski definition) is 4. The first-order valence-electron chi connectivity index (χ1n) is 7.95. The SMILES string of the molecule is Cn1ncc2c(=O)n(C3CCC3)c(SCc3cccc(F)c3)nc21. The van der Waals surface area contributed by atoms with Gasteiger partial charge in [0.2, 0.25) is 0 Å². The number of fused-ring (bicyclic) bond motifs is 1. The molecule has 1 fully saturated rings. The van der Waals surface area contributed by atoms with Crippen LogP contribution in [0.15, 0.2) is 40.4 Å². The number of thioether (sulfide) groups is 1. The number of hydrogen-bond donors (Lipinski definition) is 0. The van der Waals surface area contributed by atoms with E-state index >= 15 is 0 Å². The lowest BCUT2D eigenvalue weighted by Gasteiger charge is -2.29. The van der Waals surface area contributed by atoms with E-state index in [9.17, 15) is 9.18 Å². The van der Waals surface area contributed by atoms with Gasteiger partial charge >= 0.3 is 0 Å². The second kappa shape index (κ2) is 6.05. The average Bonchev–Trinajstić information content (AvgIpc) is 2.88. The van der Waals surface area contributed by atoms with Crippen LogP contribution in [0.5, 0.6) is 0 Å². The van der Waals surface area contributed by atoms with E-state index in [4.69, 9.17) is 0 Å². The van der Waals surface area contributed by atoms with Gasteiger partial charge in [0.1, 0.15) is 11.2 Å². The molecule has 0 atom stereocenters. The molecule has 7 heteroatoms. The predicted octanol–water partition coefficient (Wildman–Crippen LogP) is 3.29. The Hall–Kier alpha value is -2.15. The standard InChI is InChI=1S/C17H17FN4OS/c1-21-15-14(9-19-21)16(23)22(13-6-3-7-13)17(20-15)24-10-11-4-2-5-12(18)8-11/h2,4-5,8-9,13H,3,6-7,10H2,1H3. The second-order valence-electron chi connectivity index (χ2n) is 6.08. The summed E-state index contributed by atoms with van der Waals surface area (Å²) in [5.41, 5.74) is 1.44. The van der Waals surface area contributed by atoms with Crippen molar-refractivity contribution in [2.45, 2.75) is 36.2 Å². The number of halogens is 1. The minimum absolute atomic E-state index is 0.0282. The van der Waals surface area contributed by atoms with Gasteiger partial charge in [-0.25, -0.2) is 9.37 Å². The monoisotopic (exact) mass is 344 g/mol. The van der Waals surface area contributed by atoms with Gasteiger partial charge in [-0.15, -0.1) is 0 Å². The Morgan fingerprint density at radius 3 is 2.92 bits per heavy atom. The summed E-state index contributed by atoms with van der Waals surface area (Å²) in [6.45, 7) is 0. The Morgan fingerprint density at radius 1 is 1.38 bits per heavy atom. The van der Waals surface area contributed by atoms with Gasteiger partial charge in [-0.3, -0.25) is 14.0 Å². The Bertz CT molecular complexity index is 961. The summed E-state index contributed by atoms with van der Waals surface area (Å²) >= 11 is 1.47. The molecule has 4 rings (SSSR count).